The van der Waals surface area contributed by atoms with Crippen LogP contribution in [0.2, 0.25) is 0 Å². The summed E-state index contributed by atoms with van der Waals surface area (Å²) in [4.78, 5) is 2.38. The summed E-state index contributed by atoms with van der Waals surface area (Å²) >= 11 is 0. The smallest absolute Gasteiger partial charge is 0.0465 e. The van der Waals surface area contributed by atoms with E-state index < -0.39 is 0 Å². The molecule has 0 aromatic heterocycles. The lowest BCUT2D eigenvalue weighted by Crippen LogP contribution is -2.23. The van der Waals surface area contributed by atoms with Gasteiger partial charge in [-0.3, -0.25) is 0 Å². The van der Waals surface area contributed by atoms with Crippen molar-refractivity contribution in [2.24, 2.45) is 0 Å². The molecule has 1 aliphatic carbocycles. The number of rotatable bonds is 10. The summed E-state index contributed by atoms with van der Waals surface area (Å²) in [5, 5.41) is 2.51. The van der Waals surface area contributed by atoms with E-state index in [2.05, 4.69) is 243 Å². The molecule has 0 amide bonds. The van der Waals surface area contributed by atoms with Crippen molar-refractivity contribution in [3.63, 3.8) is 0 Å². The van der Waals surface area contributed by atoms with Crippen LogP contribution in [0.25, 0.3) is 67.4 Å². The van der Waals surface area contributed by atoms with Crippen LogP contribution in [0.3, 0.4) is 0 Å². The van der Waals surface area contributed by atoms with Gasteiger partial charge in [-0.05, 0) is 139 Å². The predicted molar refractivity (Wildman–Crippen MR) is 257 cm³/mol. The lowest BCUT2D eigenvalue weighted by molar-refractivity contribution is 0.490. The van der Waals surface area contributed by atoms with Crippen LogP contribution in [0, 0.1) is 0 Å². The Hall–Kier alpha value is -7.22. The fourth-order valence-electron chi connectivity index (χ4n) is 9.52. The maximum Gasteiger partial charge on any atom is 0.0465 e. The van der Waals surface area contributed by atoms with Gasteiger partial charge in [-0.15, -0.1) is 0 Å². The SMILES string of the molecule is CCC1(CC)c2cc(/C=C/c3ccc(-c4cc(-c5ccccc5)ccc4-c4ccc5ccccc5c4)cc3)ccc2-c2ccc(N(c3ccccc3)c3ccccc3)cc21. The summed E-state index contributed by atoms with van der Waals surface area (Å²) in [6.07, 6.45) is 6.60. The molecule has 0 saturated heterocycles. The first kappa shape index (κ1) is 37.1. The van der Waals surface area contributed by atoms with Gasteiger partial charge < -0.3 is 4.90 Å². The molecule has 1 heteroatoms. The van der Waals surface area contributed by atoms with Crippen LogP contribution in [-0.2, 0) is 5.41 Å². The average molecular weight is 770 g/mol. The summed E-state index contributed by atoms with van der Waals surface area (Å²) in [7, 11) is 0. The van der Waals surface area contributed by atoms with Crippen molar-refractivity contribution in [2.75, 3.05) is 4.90 Å². The molecule has 0 aliphatic heterocycles. The normalized spacial score (nSPS) is 12.7. The van der Waals surface area contributed by atoms with Gasteiger partial charge in [-0.1, -0.05) is 190 Å². The minimum absolute atomic E-state index is 0.0672. The van der Waals surface area contributed by atoms with Gasteiger partial charge in [0, 0.05) is 22.5 Å². The molecule has 0 heterocycles. The Morgan fingerprint density at radius 3 is 1.57 bits per heavy atom. The van der Waals surface area contributed by atoms with Gasteiger partial charge >= 0.3 is 0 Å². The number of anilines is 3. The van der Waals surface area contributed by atoms with Crippen molar-refractivity contribution in [1.82, 2.24) is 0 Å². The molecule has 1 nitrogen and oxygen atoms in total. The third kappa shape index (κ3) is 6.73. The number of nitrogens with zero attached hydrogens (tertiary/aromatic N) is 1. The minimum Gasteiger partial charge on any atom is -0.310 e. The summed E-state index contributed by atoms with van der Waals surface area (Å²) in [6.45, 7) is 4.71. The highest BCUT2D eigenvalue weighted by molar-refractivity contribution is 5.93. The highest BCUT2D eigenvalue weighted by Gasteiger charge is 2.41. The van der Waals surface area contributed by atoms with Crippen LogP contribution in [0.4, 0.5) is 17.1 Å². The summed E-state index contributed by atoms with van der Waals surface area (Å²) in [5.41, 5.74) is 18.7. The highest BCUT2D eigenvalue weighted by Crippen LogP contribution is 2.54. The van der Waals surface area contributed by atoms with Crippen molar-refractivity contribution in [2.45, 2.75) is 32.1 Å². The Balaban J connectivity index is 0.970. The molecule has 9 aromatic rings. The molecule has 0 fully saturated rings. The van der Waals surface area contributed by atoms with E-state index in [4.69, 9.17) is 0 Å². The molecule has 0 spiro atoms. The molecule has 9 aromatic carbocycles. The maximum absolute atomic E-state index is 2.46. The Kier molecular flexibility index (Phi) is 9.79. The van der Waals surface area contributed by atoms with Crippen molar-refractivity contribution in [1.29, 1.82) is 0 Å². The third-order valence-corrected chi connectivity index (χ3v) is 12.7. The molecule has 0 bridgehead atoms. The molecular formula is C59H47N. The van der Waals surface area contributed by atoms with Crippen LogP contribution in [0.15, 0.2) is 212 Å². The third-order valence-electron chi connectivity index (χ3n) is 12.7. The topological polar surface area (TPSA) is 3.24 Å². The predicted octanol–water partition coefficient (Wildman–Crippen LogP) is 16.6. The van der Waals surface area contributed by atoms with Crippen LogP contribution in [-0.4, -0.2) is 0 Å². The van der Waals surface area contributed by atoms with E-state index in [0.29, 0.717) is 0 Å². The van der Waals surface area contributed by atoms with Crippen molar-refractivity contribution in [3.8, 4) is 44.5 Å². The Morgan fingerprint density at radius 2 is 0.883 bits per heavy atom. The van der Waals surface area contributed by atoms with Gasteiger partial charge in [0.15, 0.2) is 0 Å². The second-order valence-electron chi connectivity index (χ2n) is 16.0. The summed E-state index contributed by atoms with van der Waals surface area (Å²) < 4.78 is 0. The number of para-hydroxylation sites is 2. The van der Waals surface area contributed by atoms with Crippen molar-refractivity contribution in [3.05, 3.63) is 235 Å². The largest absolute Gasteiger partial charge is 0.310 e. The minimum atomic E-state index is -0.0672. The summed E-state index contributed by atoms with van der Waals surface area (Å²) in [6, 6.07) is 77.7. The van der Waals surface area contributed by atoms with E-state index in [1.165, 1.54) is 83.2 Å². The van der Waals surface area contributed by atoms with Crippen LogP contribution < -0.4 is 4.90 Å². The van der Waals surface area contributed by atoms with Crippen LogP contribution >= 0.6 is 0 Å². The van der Waals surface area contributed by atoms with Crippen LogP contribution in [0.5, 0.6) is 0 Å². The zero-order valence-corrected chi connectivity index (χ0v) is 34.2. The van der Waals surface area contributed by atoms with Crippen molar-refractivity contribution < 1.29 is 0 Å². The van der Waals surface area contributed by atoms with E-state index in [1.54, 1.807) is 0 Å². The van der Waals surface area contributed by atoms with E-state index in [0.717, 1.165) is 24.2 Å². The van der Waals surface area contributed by atoms with Gasteiger partial charge in [-0.2, -0.15) is 0 Å². The first-order chi connectivity index (χ1) is 29.6. The van der Waals surface area contributed by atoms with E-state index in [-0.39, 0.29) is 5.41 Å². The zero-order chi connectivity index (χ0) is 40.5. The highest BCUT2D eigenvalue weighted by atomic mass is 15.1. The van der Waals surface area contributed by atoms with Crippen LogP contribution in [0.1, 0.15) is 48.9 Å². The Labute approximate surface area is 354 Å². The van der Waals surface area contributed by atoms with Gasteiger partial charge in [0.25, 0.3) is 0 Å². The van der Waals surface area contributed by atoms with E-state index in [1.807, 2.05) is 0 Å². The molecule has 60 heavy (non-hydrogen) atoms. The fraction of sp³-hybridized carbons (Fsp3) is 0.0847. The molecule has 0 radical (unpaired) electrons. The zero-order valence-electron chi connectivity index (χ0n) is 34.2. The summed E-state index contributed by atoms with van der Waals surface area (Å²) in [5.74, 6) is 0. The Bertz CT molecular complexity index is 2940. The quantitative estimate of drug-likeness (QED) is 0.125. The lowest BCUT2D eigenvalue weighted by atomic mass is 9.73. The maximum atomic E-state index is 2.46. The first-order valence-corrected chi connectivity index (χ1v) is 21.3. The standard InChI is InChI=1S/C59H47N/c1-3-59(4-2)57-38-43(28-35-54(57)55-37-34-52(41-58(55)59)60(50-20-10-6-11-21-50)51-22-12-7-13-23-51)25-24-42-26-29-46(30-27-42)56-40-48(44-16-8-5-9-17-44)33-36-53(56)49-32-31-45-18-14-15-19-47(45)39-49/h5-41H,3-4H2,1-2H3/b25-24+. The molecular weight excluding hydrogens is 723 g/mol. The van der Waals surface area contributed by atoms with E-state index >= 15 is 0 Å². The van der Waals surface area contributed by atoms with Gasteiger partial charge in [0.05, 0.1) is 0 Å². The molecule has 288 valence electrons. The molecule has 0 N–H and O–H groups in total. The molecule has 0 atom stereocenters. The Morgan fingerprint density at radius 1 is 0.350 bits per heavy atom. The van der Waals surface area contributed by atoms with Crippen molar-refractivity contribution >= 4 is 40.0 Å². The molecule has 0 unspecified atom stereocenters. The van der Waals surface area contributed by atoms with Gasteiger partial charge in [0.1, 0.15) is 0 Å². The number of benzene rings is 9. The lowest BCUT2D eigenvalue weighted by Gasteiger charge is -2.32. The van der Waals surface area contributed by atoms with Gasteiger partial charge in [-0.25, -0.2) is 0 Å². The number of fused-ring (bicyclic) bond motifs is 4. The second-order valence-corrected chi connectivity index (χ2v) is 16.0. The second kappa shape index (κ2) is 15.9. The molecule has 10 rings (SSSR count). The van der Waals surface area contributed by atoms with E-state index in [9.17, 15) is 0 Å². The average Bonchev–Trinajstić information content (AvgIpc) is 3.60. The number of hydrogen-bond donors (Lipinski definition) is 0. The first-order valence-electron chi connectivity index (χ1n) is 21.3. The molecule has 0 saturated carbocycles. The fourth-order valence-corrected chi connectivity index (χ4v) is 9.52. The monoisotopic (exact) mass is 769 g/mol. The van der Waals surface area contributed by atoms with Gasteiger partial charge in [0.2, 0.25) is 0 Å². The molecule has 1 aliphatic rings. The number of hydrogen-bond acceptors (Lipinski definition) is 1.